The van der Waals surface area contributed by atoms with E-state index in [4.69, 9.17) is 11.6 Å². The summed E-state index contributed by atoms with van der Waals surface area (Å²) < 4.78 is 14.3. The molecule has 0 spiro atoms. The van der Waals surface area contributed by atoms with Gasteiger partial charge in [-0.05, 0) is 23.8 Å². The molecule has 0 amide bonds. The van der Waals surface area contributed by atoms with Crippen molar-refractivity contribution in [3.05, 3.63) is 70.0 Å². The van der Waals surface area contributed by atoms with E-state index in [1.54, 1.807) is 18.2 Å². The van der Waals surface area contributed by atoms with Crippen LogP contribution in [-0.4, -0.2) is 9.38 Å². The van der Waals surface area contributed by atoms with Gasteiger partial charge in [-0.25, -0.2) is 9.37 Å². The minimum absolute atomic E-state index is 0.212. The molecule has 3 rings (SSSR count). The molecule has 19 heavy (non-hydrogen) atoms. The van der Waals surface area contributed by atoms with E-state index in [9.17, 15) is 9.18 Å². The number of benzene rings is 1. The van der Waals surface area contributed by atoms with Crippen molar-refractivity contribution >= 4 is 17.2 Å². The first-order valence-corrected chi connectivity index (χ1v) is 5.96. The molecule has 0 unspecified atom stereocenters. The second-order valence-corrected chi connectivity index (χ2v) is 4.49. The van der Waals surface area contributed by atoms with Gasteiger partial charge < -0.3 is 0 Å². The molecule has 1 aromatic carbocycles. The van der Waals surface area contributed by atoms with Crippen molar-refractivity contribution in [2.75, 3.05) is 0 Å². The summed E-state index contributed by atoms with van der Waals surface area (Å²) in [6, 6.07) is 9.02. The fourth-order valence-electron chi connectivity index (χ4n) is 1.95. The molecule has 2 aromatic heterocycles. The van der Waals surface area contributed by atoms with Gasteiger partial charge in [0.05, 0.1) is 5.02 Å². The van der Waals surface area contributed by atoms with Gasteiger partial charge in [-0.3, -0.25) is 9.20 Å². The fraction of sp³-hybridized carbons (Fsp3) is 0. The molecule has 3 nitrogen and oxygen atoms in total. The zero-order chi connectivity index (χ0) is 13.4. The van der Waals surface area contributed by atoms with Gasteiger partial charge in [-0.2, -0.15) is 0 Å². The Labute approximate surface area is 112 Å². The third-order valence-electron chi connectivity index (χ3n) is 2.81. The molecule has 94 valence electrons. The zero-order valence-electron chi connectivity index (χ0n) is 9.68. The molecule has 0 saturated heterocycles. The summed E-state index contributed by atoms with van der Waals surface area (Å²) in [4.78, 5) is 16.0. The van der Waals surface area contributed by atoms with E-state index in [2.05, 4.69) is 4.98 Å². The maximum Gasteiger partial charge on any atom is 0.257 e. The van der Waals surface area contributed by atoms with Gasteiger partial charge in [0.15, 0.2) is 0 Å². The zero-order valence-corrected chi connectivity index (χ0v) is 10.4. The molecule has 2 heterocycles. The van der Waals surface area contributed by atoms with E-state index in [1.165, 1.54) is 35.0 Å². The molecular weight excluding hydrogens is 267 g/mol. The Balaban J connectivity index is 2.37. The lowest BCUT2D eigenvalue weighted by molar-refractivity contribution is 0.628. The van der Waals surface area contributed by atoms with E-state index in [-0.39, 0.29) is 11.4 Å². The predicted octanol–water partition coefficient (Wildman–Crippen LogP) is 3.15. The van der Waals surface area contributed by atoms with Crippen LogP contribution in [0.15, 0.2) is 53.6 Å². The van der Waals surface area contributed by atoms with E-state index in [0.29, 0.717) is 16.2 Å². The summed E-state index contributed by atoms with van der Waals surface area (Å²) in [6.45, 7) is 0. The van der Waals surface area contributed by atoms with Gasteiger partial charge in [0.2, 0.25) is 0 Å². The van der Waals surface area contributed by atoms with E-state index in [0.717, 1.165) is 5.56 Å². The molecule has 0 saturated carbocycles. The molecule has 0 bridgehead atoms. The molecule has 0 aliphatic carbocycles. The topological polar surface area (TPSA) is 34.4 Å². The standard InChI is InChI=1S/C14H8ClFN2O/c15-10-7-12(9-1-3-11(16)4-2-9)14-17-6-5-13(19)18(14)8-10/h1-8H. The molecule has 0 fully saturated rings. The van der Waals surface area contributed by atoms with Crippen molar-refractivity contribution in [3.63, 3.8) is 0 Å². The van der Waals surface area contributed by atoms with Crippen LogP contribution in [0.1, 0.15) is 0 Å². The second-order valence-electron chi connectivity index (χ2n) is 4.06. The van der Waals surface area contributed by atoms with E-state index < -0.39 is 0 Å². The molecule has 5 heteroatoms. The first kappa shape index (κ1) is 11.9. The van der Waals surface area contributed by atoms with Gasteiger partial charge in [0.25, 0.3) is 5.56 Å². The van der Waals surface area contributed by atoms with Crippen LogP contribution >= 0.6 is 11.6 Å². The molecular formula is C14H8ClFN2O. The normalized spacial score (nSPS) is 10.8. The lowest BCUT2D eigenvalue weighted by atomic mass is 10.1. The number of hydrogen-bond donors (Lipinski definition) is 0. The SMILES string of the molecule is O=c1ccnc2c(-c3ccc(F)cc3)cc(Cl)cn12. The highest BCUT2D eigenvalue weighted by molar-refractivity contribution is 6.30. The van der Waals surface area contributed by atoms with Gasteiger partial charge in [-0.1, -0.05) is 23.7 Å². The Bertz CT molecular complexity index is 812. The summed E-state index contributed by atoms with van der Waals surface area (Å²) in [7, 11) is 0. The number of rotatable bonds is 1. The van der Waals surface area contributed by atoms with Gasteiger partial charge in [0, 0.05) is 24.0 Å². The van der Waals surface area contributed by atoms with Crippen molar-refractivity contribution in [1.82, 2.24) is 9.38 Å². The Morgan fingerprint density at radius 1 is 1.16 bits per heavy atom. The van der Waals surface area contributed by atoms with Crippen molar-refractivity contribution in [1.29, 1.82) is 0 Å². The third kappa shape index (κ3) is 2.11. The average molecular weight is 275 g/mol. The maximum absolute atomic E-state index is 13.0. The van der Waals surface area contributed by atoms with Gasteiger partial charge in [-0.15, -0.1) is 0 Å². The third-order valence-corrected chi connectivity index (χ3v) is 3.02. The summed E-state index contributed by atoms with van der Waals surface area (Å²) in [6.07, 6.45) is 2.96. The van der Waals surface area contributed by atoms with Crippen molar-refractivity contribution < 1.29 is 4.39 Å². The number of fused-ring (bicyclic) bond motifs is 1. The van der Waals surface area contributed by atoms with Crippen LogP contribution in [0.25, 0.3) is 16.8 Å². The van der Waals surface area contributed by atoms with E-state index >= 15 is 0 Å². The predicted molar refractivity (Wildman–Crippen MR) is 71.9 cm³/mol. The van der Waals surface area contributed by atoms with Crippen LogP contribution < -0.4 is 5.56 Å². The van der Waals surface area contributed by atoms with Crippen LogP contribution in [0.4, 0.5) is 4.39 Å². The van der Waals surface area contributed by atoms with Gasteiger partial charge in [0.1, 0.15) is 11.5 Å². The lowest BCUT2D eigenvalue weighted by Crippen LogP contribution is -2.13. The van der Waals surface area contributed by atoms with Crippen molar-refractivity contribution in [2.45, 2.75) is 0 Å². The molecule has 3 aromatic rings. The Morgan fingerprint density at radius 2 is 1.89 bits per heavy atom. The van der Waals surface area contributed by atoms with Gasteiger partial charge >= 0.3 is 0 Å². The first-order chi connectivity index (χ1) is 9.15. The second kappa shape index (κ2) is 4.48. The minimum Gasteiger partial charge on any atom is -0.269 e. The van der Waals surface area contributed by atoms with Crippen LogP contribution in [0.2, 0.25) is 5.02 Å². The minimum atomic E-state index is -0.319. The highest BCUT2D eigenvalue weighted by Crippen LogP contribution is 2.26. The number of nitrogens with zero attached hydrogens (tertiary/aromatic N) is 2. The maximum atomic E-state index is 13.0. The Hall–Kier alpha value is -2.20. The number of hydrogen-bond acceptors (Lipinski definition) is 2. The molecule has 0 N–H and O–H groups in total. The lowest BCUT2D eigenvalue weighted by Gasteiger charge is -2.07. The summed E-state index contributed by atoms with van der Waals surface area (Å²) >= 11 is 6.02. The monoisotopic (exact) mass is 274 g/mol. The summed E-state index contributed by atoms with van der Waals surface area (Å²) in [5, 5.41) is 0.418. The van der Waals surface area contributed by atoms with Crippen LogP contribution in [0.3, 0.4) is 0 Å². The molecule has 0 aliphatic heterocycles. The van der Waals surface area contributed by atoms with Crippen LogP contribution in [0.5, 0.6) is 0 Å². The Morgan fingerprint density at radius 3 is 2.63 bits per heavy atom. The number of pyridine rings is 1. The Kier molecular flexibility index (Phi) is 2.80. The van der Waals surface area contributed by atoms with Crippen molar-refractivity contribution in [2.24, 2.45) is 0 Å². The first-order valence-electron chi connectivity index (χ1n) is 5.58. The molecule has 0 atom stereocenters. The number of aromatic nitrogens is 2. The quantitative estimate of drug-likeness (QED) is 0.683. The largest absolute Gasteiger partial charge is 0.269 e. The molecule has 0 aliphatic rings. The fourth-order valence-corrected chi connectivity index (χ4v) is 2.15. The van der Waals surface area contributed by atoms with E-state index in [1.807, 2.05) is 0 Å². The summed E-state index contributed by atoms with van der Waals surface area (Å²) in [5.74, 6) is -0.319. The smallest absolute Gasteiger partial charge is 0.257 e. The van der Waals surface area contributed by atoms with Crippen LogP contribution in [0, 0.1) is 5.82 Å². The average Bonchev–Trinajstić information content (AvgIpc) is 2.40. The highest BCUT2D eigenvalue weighted by atomic mass is 35.5. The number of halogens is 2. The van der Waals surface area contributed by atoms with Crippen molar-refractivity contribution in [3.8, 4) is 11.1 Å². The summed E-state index contributed by atoms with van der Waals surface area (Å²) in [5.41, 5.74) is 1.71. The van der Waals surface area contributed by atoms with Crippen LogP contribution in [-0.2, 0) is 0 Å². The highest BCUT2D eigenvalue weighted by Gasteiger charge is 2.08. The molecule has 0 radical (unpaired) electrons.